The fourth-order valence-corrected chi connectivity index (χ4v) is 1.75. The van der Waals surface area contributed by atoms with Crippen LogP contribution in [0.25, 0.3) is 6.08 Å². The van der Waals surface area contributed by atoms with E-state index >= 15 is 0 Å². The normalized spacial score (nSPS) is 21.9. The first-order valence-electron chi connectivity index (χ1n) is 5.86. The zero-order valence-corrected chi connectivity index (χ0v) is 10.2. The summed E-state index contributed by atoms with van der Waals surface area (Å²) in [5.41, 5.74) is 0.984. The molecular formula is C15H14O4. The topological polar surface area (TPSA) is 77.8 Å². The molecule has 0 spiro atoms. The van der Waals surface area contributed by atoms with Gasteiger partial charge in [-0.3, -0.25) is 4.79 Å². The van der Waals surface area contributed by atoms with Gasteiger partial charge in [0.1, 0.15) is 11.5 Å². The lowest BCUT2D eigenvalue weighted by Gasteiger charge is -2.12. The van der Waals surface area contributed by atoms with Crippen molar-refractivity contribution in [3.05, 3.63) is 59.4 Å². The zero-order chi connectivity index (χ0) is 13.8. The summed E-state index contributed by atoms with van der Waals surface area (Å²) in [4.78, 5) is 11.6. The van der Waals surface area contributed by atoms with Gasteiger partial charge in [-0.25, -0.2) is 0 Å². The number of Topliss-reactive ketones (excluding diaryl/α,β-unsaturated/α-hetero) is 1. The molecule has 1 aromatic rings. The van der Waals surface area contributed by atoms with Crippen LogP contribution in [0.5, 0.6) is 5.75 Å². The Morgan fingerprint density at radius 1 is 1.26 bits per heavy atom. The maximum atomic E-state index is 11.6. The maximum absolute atomic E-state index is 11.6. The minimum Gasteiger partial charge on any atom is -0.508 e. The number of hydrogen-bond acceptors (Lipinski definition) is 4. The molecule has 19 heavy (non-hydrogen) atoms. The van der Waals surface area contributed by atoms with E-state index in [1.807, 2.05) is 0 Å². The van der Waals surface area contributed by atoms with Crippen LogP contribution in [0.3, 0.4) is 0 Å². The number of carbonyl (C=O) groups excluding carboxylic acids is 1. The summed E-state index contributed by atoms with van der Waals surface area (Å²) >= 11 is 0. The third kappa shape index (κ3) is 3.33. The van der Waals surface area contributed by atoms with Crippen molar-refractivity contribution in [1.82, 2.24) is 0 Å². The number of rotatable bonds is 2. The van der Waals surface area contributed by atoms with Gasteiger partial charge in [-0.05, 0) is 29.8 Å². The number of ketones is 1. The summed E-state index contributed by atoms with van der Waals surface area (Å²) in [6, 6.07) is 6.44. The quantitative estimate of drug-likeness (QED) is 0.561. The Morgan fingerprint density at radius 3 is 2.58 bits per heavy atom. The molecule has 1 unspecified atom stereocenters. The van der Waals surface area contributed by atoms with E-state index in [0.29, 0.717) is 0 Å². The molecule has 0 bridgehead atoms. The Bertz CT molecular complexity index is 564. The fraction of sp³-hybridized carbons (Fsp3) is 0.133. The van der Waals surface area contributed by atoms with E-state index in [-0.39, 0.29) is 29.3 Å². The lowest BCUT2D eigenvalue weighted by molar-refractivity contribution is -0.117. The van der Waals surface area contributed by atoms with Gasteiger partial charge in [-0.1, -0.05) is 24.3 Å². The summed E-state index contributed by atoms with van der Waals surface area (Å²) < 4.78 is 0. The van der Waals surface area contributed by atoms with Gasteiger partial charge in [0, 0.05) is 6.42 Å². The number of aliphatic hydroxyl groups is 2. The molecule has 0 amide bonds. The predicted molar refractivity (Wildman–Crippen MR) is 71.6 cm³/mol. The summed E-state index contributed by atoms with van der Waals surface area (Å²) in [5, 5.41) is 28.2. The van der Waals surface area contributed by atoms with Gasteiger partial charge in [0.25, 0.3) is 0 Å². The van der Waals surface area contributed by atoms with E-state index < -0.39 is 6.10 Å². The van der Waals surface area contributed by atoms with Crippen molar-refractivity contribution in [2.75, 3.05) is 0 Å². The molecule has 4 nitrogen and oxygen atoms in total. The van der Waals surface area contributed by atoms with Crippen molar-refractivity contribution < 1.29 is 20.1 Å². The first kappa shape index (κ1) is 13.1. The average molecular weight is 258 g/mol. The minimum absolute atomic E-state index is 0.0110. The van der Waals surface area contributed by atoms with Gasteiger partial charge in [0.05, 0.1) is 11.7 Å². The van der Waals surface area contributed by atoms with Crippen molar-refractivity contribution in [1.29, 1.82) is 0 Å². The SMILES string of the molecule is O=C1CC(O)C=CC1=C(O)/C=C/c1ccc(O)cc1. The van der Waals surface area contributed by atoms with E-state index in [2.05, 4.69) is 0 Å². The number of hydrogen-bond donors (Lipinski definition) is 3. The standard InChI is InChI=1S/C15H14O4/c16-11-4-1-10(2-5-11)3-8-14(18)13-7-6-12(17)9-15(13)19/h1-8,12,16-18H,9H2/b8-3+,14-13?. The highest BCUT2D eigenvalue weighted by Crippen LogP contribution is 2.18. The zero-order valence-electron chi connectivity index (χ0n) is 10.2. The molecule has 1 aromatic carbocycles. The number of aromatic hydroxyl groups is 1. The van der Waals surface area contributed by atoms with Crippen LogP contribution in [0.1, 0.15) is 12.0 Å². The Balaban J connectivity index is 2.20. The van der Waals surface area contributed by atoms with Crippen LogP contribution < -0.4 is 0 Å². The van der Waals surface area contributed by atoms with E-state index in [9.17, 15) is 15.0 Å². The Kier molecular flexibility index (Phi) is 3.82. The van der Waals surface area contributed by atoms with Gasteiger partial charge < -0.3 is 15.3 Å². The van der Waals surface area contributed by atoms with Crippen molar-refractivity contribution in [3.8, 4) is 5.75 Å². The molecule has 1 aliphatic carbocycles. The monoisotopic (exact) mass is 258 g/mol. The first-order valence-corrected chi connectivity index (χ1v) is 5.86. The molecule has 1 aliphatic rings. The predicted octanol–water partition coefficient (Wildman–Crippen LogP) is 2.11. The van der Waals surface area contributed by atoms with Crippen molar-refractivity contribution >= 4 is 11.9 Å². The smallest absolute Gasteiger partial charge is 0.169 e. The van der Waals surface area contributed by atoms with Gasteiger partial charge in [0.2, 0.25) is 0 Å². The van der Waals surface area contributed by atoms with Crippen LogP contribution in [-0.2, 0) is 4.79 Å². The molecule has 0 aromatic heterocycles. The van der Waals surface area contributed by atoms with Crippen molar-refractivity contribution in [2.24, 2.45) is 0 Å². The molecule has 98 valence electrons. The second-order valence-corrected chi connectivity index (χ2v) is 4.28. The van der Waals surface area contributed by atoms with Crippen LogP contribution in [0.4, 0.5) is 0 Å². The molecule has 4 heteroatoms. The molecule has 0 heterocycles. The van der Waals surface area contributed by atoms with Crippen LogP contribution >= 0.6 is 0 Å². The summed E-state index contributed by atoms with van der Waals surface area (Å²) in [7, 11) is 0. The Labute approximate surface area is 110 Å². The Hall–Kier alpha value is -2.33. The molecule has 2 rings (SSSR count). The summed E-state index contributed by atoms with van der Waals surface area (Å²) in [6.45, 7) is 0. The number of aliphatic hydroxyl groups excluding tert-OH is 2. The maximum Gasteiger partial charge on any atom is 0.169 e. The molecule has 1 atom stereocenters. The number of allylic oxidation sites excluding steroid dienone is 3. The molecule has 0 radical (unpaired) electrons. The average Bonchev–Trinajstić information content (AvgIpc) is 2.37. The van der Waals surface area contributed by atoms with Gasteiger partial charge in [-0.2, -0.15) is 0 Å². The van der Waals surface area contributed by atoms with Gasteiger partial charge >= 0.3 is 0 Å². The lowest BCUT2D eigenvalue weighted by Crippen LogP contribution is -2.17. The molecule has 0 saturated heterocycles. The number of phenols is 1. The highest BCUT2D eigenvalue weighted by molar-refractivity contribution is 6.00. The fourth-order valence-electron chi connectivity index (χ4n) is 1.75. The molecule has 0 aliphatic heterocycles. The molecule has 0 saturated carbocycles. The van der Waals surface area contributed by atoms with Crippen molar-refractivity contribution in [2.45, 2.75) is 12.5 Å². The summed E-state index contributed by atoms with van der Waals surface area (Å²) in [5.74, 6) is -0.261. The number of phenolic OH excluding ortho intramolecular Hbond substituents is 1. The van der Waals surface area contributed by atoms with E-state index in [1.165, 1.54) is 30.4 Å². The molecular weight excluding hydrogens is 244 g/mol. The van der Waals surface area contributed by atoms with Crippen molar-refractivity contribution in [3.63, 3.8) is 0 Å². The van der Waals surface area contributed by atoms with Gasteiger partial charge in [0.15, 0.2) is 5.78 Å². The number of benzene rings is 1. The molecule has 0 fully saturated rings. The number of carbonyl (C=O) groups is 1. The first-order chi connectivity index (χ1) is 9.06. The summed E-state index contributed by atoms with van der Waals surface area (Å²) in [6.07, 6.45) is 5.16. The van der Waals surface area contributed by atoms with Crippen LogP contribution in [-0.4, -0.2) is 27.2 Å². The lowest BCUT2D eigenvalue weighted by atomic mass is 9.97. The minimum atomic E-state index is -0.773. The van der Waals surface area contributed by atoms with Crippen LogP contribution in [0.2, 0.25) is 0 Å². The third-order valence-corrected chi connectivity index (χ3v) is 2.78. The largest absolute Gasteiger partial charge is 0.508 e. The van der Waals surface area contributed by atoms with Crippen LogP contribution in [0.15, 0.2) is 53.8 Å². The highest BCUT2D eigenvalue weighted by atomic mass is 16.3. The molecule has 3 N–H and O–H groups in total. The van der Waals surface area contributed by atoms with E-state index in [0.717, 1.165) is 5.56 Å². The second-order valence-electron chi connectivity index (χ2n) is 4.28. The van der Waals surface area contributed by atoms with Gasteiger partial charge in [-0.15, -0.1) is 0 Å². The van der Waals surface area contributed by atoms with E-state index in [1.54, 1.807) is 18.2 Å². The highest BCUT2D eigenvalue weighted by Gasteiger charge is 2.19. The van der Waals surface area contributed by atoms with Crippen LogP contribution in [0, 0.1) is 0 Å². The second kappa shape index (κ2) is 5.54. The Morgan fingerprint density at radius 2 is 1.95 bits per heavy atom. The third-order valence-electron chi connectivity index (χ3n) is 2.78. The van der Waals surface area contributed by atoms with E-state index in [4.69, 9.17) is 5.11 Å².